The minimum atomic E-state index is -0.592. The Morgan fingerprint density at radius 1 is 1.79 bits per heavy atom. The van der Waals surface area contributed by atoms with Crippen molar-refractivity contribution in [3.63, 3.8) is 0 Å². The van der Waals surface area contributed by atoms with Crippen LogP contribution in [0.25, 0.3) is 0 Å². The lowest BCUT2D eigenvalue weighted by molar-refractivity contribution is 0.157. The molecule has 1 heterocycles. The predicted octanol–water partition coefficient (Wildman–Crippen LogP) is 0.466. The Balaban J connectivity index is 2.55. The Kier molecular flexibility index (Phi) is 3.52. The fourth-order valence-electron chi connectivity index (χ4n) is 0.755. The van der Waals surface area contributed by atoms with E-state index in [4.69, 9.17) is 12.2 Å². The van der Waals surface area contributed by atoms with Crippen molar-refractivity contribution in [2.75, 3.05) is 6.61 Å². The van der Waals surface area contributed by atoms with E-state index in [0.717, 1.165) is 0 Å². The van der Waals surface area contributed by atoms with Gasteiger partial charge >= 0.3 is 6.09 Å². The van der Waals surface area contributed by atoms with Crippen LogP contribution in [-0.4, -0.2) is 32.6 Å². The van der Waals surface area contributed by atoms with Crippen LogP contribution in [-0.2, 0) is 4.74 Å². The summed E-state index contributed by atoms with van der Waals surface area (Å²) in [5, 5.41) is 6.40. The normalized spacial score (nSPS) is 9.57. The molecule has 1 amide bonds. The quantitative estimate of drug-likeness (QED) is 0.688. The molecule has 6 nitrogen and oxygen atoms in total. The second-order valence-corrected chi connectivity index (χ2v) is 2.77. The van der Waals surface area contributed by atoms with Gasteiger partial charge in [-0.1, -0.05) is 0 Å². The Morgan fingerprint density at radius 2 is 2.50 bits per heavy atom. The van der Waals surface area contributed by atoms with Crippen LogP contribution in [0.2, 0.25) is 0 Å². The number of rotatable bonds is 1. The number of amides is 1. The lowest BCUT2D eigenvalue weighted by atomic mass is 10.8. The van der Waals surface area contributed by atoms with E-state index in [1.165, 1.54) is 11.0 Å². The van der Waals surface area contributed by atoms with Gasteiger partial charge in [0.05, 0.1) is 6.61 Å². The highest BCUT2D eigenvalue weighted by Crippen LogP contribution is 1.87. The second kappa shape index (κ2) is 4.66. The molecule has 0 unspecified atom stereocenters. The van der Waals surface area contributed by atoms with Gasteiger partial charge in [-0.25, -0.2) is 9.78 Å². The molecule has 76 valence electrons. The molecule has 0 spiro atoms. The van der Waals surface area contributed by atoms with Gasteiger partial charge in [0.15, 0.2) is 0 Å². The van der Waals surface area contributed by atoms with E-state index in [-0.39, 0.29) is 5.11 Å². The molecule has 0 bridgehead atoms. The summed E-state index contributed by atoms with van der Waals surface area (Å²) in [6.07, 6.45) is 0.829. The molecule has 1 aromatic rings. The smallest absolute Gasteiger partial charge is 0.413 e. The lowest BCUT2D eigenvalue weighted by Crippen LogP contribution is -2.34. The van der Waals surface area contributed by atoms with Crippen LogP contribution in [0.4, 0.5) is 4.79 Å². The van der Waals surface area contributed by atoms with Gasteiger partial charge in [0.25, 0.3) is 0 Å². The Hall–Kier alpha value is -1.50. The highest BCUT2D eigenvalue weighted by molar-refractivity contribution is 7.80. The lowest BCUT2D eigenvalue weighted by Gasteiger charge is -2.04. The van der Waals surface area contributed by atoms with E-state index in [0.29, 0.717) is 12.4 Å². The maximum atomic E-state index is 11.0. The third-order valence-electron chi connectivity index (χ3n) is 1.30. The largest absolute Gasteiger partial charge is 0.450 e. The van der Waals surface area contributed by atoms with Gasteiger partial charge in [-0.05, 0) is 26.1 Å². The first kappa shape index (κ1) is 10.6. The summed E-state index contributed by atoms with van der Waals surface area (Å²) in [6.45, 7) is 3.73. The van der Waals surface area contributed by atoms with Crippen LogP contribution in [0.3, 0.4) is 0 Å². The van der Waals surface area contributed by atoms with Gasteiger partial charge < -0.3 is 4.74 Å². The van der Waals surface area contributed by atoms with Gasteiger partial charge in [-0.3, -0.25) is 5.32 Å². The monoisotopic (exact) mass is 214 g/mol. The first-order valence-corrected chi connectivity index (χ1v) is 4.40. The zero-order valence-corrected chi connectivity index (χ0v) is 8.67. The summed E-state index contributed by atoms with van der Waals surface area (Å²) >= 11 is 4.87. The number of hydrogen-bond acceptors (Lipinski definition) is 5. The van der Waals surface area contributed by atoms with E-state index >= 15 is 0 Å². The minimum Gasteiger partial charge on any atom is -0.450 e. The number of carbonyl (C=O) groups is 1. The molecule has 1 N–H and O–H groups in total. The maximum absolute atomic E-state index is 11.0. The van der Waals surface area contributed by atoms with Crippen molar-refractivity contribution in [2.24, 2.45) is 0 Å². The Bertz CT molecular complexity index is 349. The number of nitrogens with one attached hydrogen (secondary N) is 1. The van der Waals surface area contributed by atoms with Crippen molar-refractivity contribution in [1.82, 2.24) is 20.1 Å². The number of nitrogens with zero attached hydrogens (tertiary/aromatic N) is 3. The average molecular weight is 214 g/mol. The third-order valence-corrected chi connectivity index (χ3v) is 1.59. The number of aromatic nitrogens is 3. The Morgan fingerprint density at radius 3 is 3.00 bits per heavy atom. The molecule has 0 saturated heterocycles. The van der Waals surface area contributed by atoms with Gasteiger partial charge in [0.2, 0.25) is 5.11 Å². The summed E-state index contributed by atoms with van der Waals surface area (Å²) in [5.74, 6) is 0.581. The van der Waals surface area contributed by atoms with Crippen LogP contribution >= 0.6 is 12.2 Å². The van der Waals surface area contributed by atoms with Crippen LogP contribution in [0, 0.1) is 6.92 Å². The molecule has 14 heavy (non-hydrogen) atoms. The molecular weight excluding hydrogens is 204 g/mol. The van der Waals surface area contributed by atoms with Crippen molar-refractivity contribution in [3.05, 3.63) is 12.2 Å². The zero-order chi connectivity index (χ0) is 10.6. The summed E-state index contributed by atoms with van der Waals surface area (Å²) in [6, 6.07) is 0. The topological polar surface area (TPSA) is 69.0 Å². The number of thiocarbonyl (C=S) groups is 1. The van der Waals surface area contributed by atoms with Crippen LogP contribution in [0.15, 0.2) is 6.33 Å². The van der Waals surface area contributed by atoms with E-state index in [2.05, 4.69) is 20.1 Å². The van der Waals surface area contributed by atoms with Crippen molar-refractivity contribution in [2.45, 2.75) is 13.8 Å². The van der Waals surface area contributed by atoms with E-state index in [1.54, 1.807) is 13.8 Å². The Labute approximate surface area is 86.3 Å². The molecule has 0 aliphatic rings. The number of ether oxygens (including phenoxy) is 1. The SMILES string of the molecule is CCOC(=O)NC(=S)n1cnc(C)n1. The van der Waals surface area contributed by atoms with E-state index < -0.39 is 6.09 Å². The van der Waals surface area contributed by atoms with E-state index in [1.807, 2.05) is 0 Å². The van der Waals surface area contributed by atoms with Gasteiger partial charge in [0.1, 0.15) is 12.2 Å². The van der Waals surface area contributed by atoms with Crippen LogP contribution < -0.4 is 5.32 Å². The molecule has 1 rings (SSSR count). The summed E-state index contributed by atoms with van der Waals surface area (Å²) in [7, 11) is 0. The molecule has 0 radical (unpaired) electrons. The molecule has 0 fully saturated rings. The fourth-order valence-corrected chi connectivity index (χ4v) is 0.927. The van der Waals surface area contributed by atoms with Crippen molar-refractivity contribution in [1.29, 1.82) is 0 Å². The number of aryl methyl sites for hydroxylation is 1. The number of hydrogen-bond donors (Lipinski definition) is 1. The highest BCUT2D eigenvalue weighted by Gasteiger charge is 2.07. The summed E-state index contributed by atoms with van der Waals surface area (Å²) in [5.41, 5.74) is 0. The minimum absolute atomic E-state index is 0.143. The number of carbonyl (C=O) groups excluding carboxylic acids is 1. The van der Waals surface area contributed by atoms with Crippen molar-refractivity contribution < 1.29 is 9.53 Å². The van der Waals surface area contributed by atoms with Crippen molar-refractivity contribution >= 4 is 23.4 Å². The maximum Gasteiger partial charge on any atom is 0.413 e. The van der Waals surface area contributed by atoms with Crippen LogP contribution in [0.5, 0.6) is 0 Å². The van der Waals surface area contributed by atoms with Crippen LogP contribution in [0.1, 0.15) is 12.7 Å². The fraction of sp³-hybridized carbons (Fsp3) is 0.429. The molecule has 0 aliphatic carbocycles. The molecule has 7 heteroatoms. The second-order valence-electron chi connectivity index (χ2n) is 2.39. The molecule has 0 atom stereocenters. The summed E-state index contributed by atoms with van der Waals surface area (Å²) < 4.78 is 5.93. The third kappa shape index (κ3) is 2.77. The average Bonchev–Trinajstić information content (AvgIpc) is 2.52. The number of alkyl carbamates (subject to hydrolysis) is 1. The van der Waals surface area contributed by atoms with E-state index in [9.17, 15) is 4.79 Å². The van der Waals surface area contributed by atoms with Gasteiger partial charge in [-0.15, -0.1) is 5.10 Å². The first-order chi connectivity index (χ1) is 6.63. The standard InChI is InChI=1S/C7H10N4O2S/c1-3-13-7(12)9-6(14)11-4-8-5(2)10-11/h4H,3H2,1-2H3,(H,9,12,14). The summed E-state index contributed by atoms with van der Waals surface area (Å²) in [4.78, 5) is 14.8. The van der Waals surface area contributed by atoms with Gasteiger partial charge in [-0.2, -0.15) is 4.68 Å². The zero-order valence-electron chi connectivity index (χ0n) is 7.85. The molecule has 1 aromatic heterocycles. The first-order valence-electron chi connectivity index (χ1n) is 4.00. The highest BCUT2D eigenvalue weighted by atomic mass is 32.1. The van der Waals surface area contributed by atoms with Crippen molar-refractivity contribution in [3.8, 4) is 0 Å². The predicted molar refractivity (Wildman–Crippen MR) is 52.9 cm³/mol. The molecule has 0 saturated carbocycles. The molecular formula is C7H10N4O2S. The molecule has 0 aromatic carbocycles. The molecule has 0 aliphatic heterocycles. The van der Waals surface area contributed by atoms with Gasteiger partial charge in [0, 0.05) is 0 Å².